The van der Waals surface area contributed by atoms with Gasteiger partial charge in [0.05, 0.1) is 29.1 Å². The molecule has 0 aliphatic carbocycles. The molecule has 1 aromatic carbocycles. The van der Waals surface area contributed by atoms with E-state index >= 15 is 0 Å². The zero-order valence-corrected chi connectivity index (χ0v) is 33.4. The Kier molecular flexibility index (Phi) is 10.6. The van der Waals surface area contributed by atoms with Crippen LogP contribution in [0, 0.1) is 19.8 Å². The third-order valence-corrected chi connectivity index (χ3v) is 10.5. The fourth-order valence-corrected chi connectivity index (χ4v) is 7.50. The molecule has 6 N–H and O–H groups in total. The number of pyridine rings is 1. The molecule has 0 radical (unpaired) electrons. The number of rotatable bonds is 16. The van der Waals surface area contributed by atoms with Crippen LogP contribution in [0.1, 0.15) is 69.3 Å². The molecule has 18 nitrogen and oxygen atoms in total. The first kappa shape index (κ1) is 38.9. The number of imidazole rings is 1. The number of aryl methyl sites for hydroxylation is 4. The van der Waals surface area contributed by atoms with Gasteiger partial charge in [-0.3, -0.25) is 33.6 Å². The summed E-state index contributed by atoms with van der Waals surface area (Å²) in [6.07, 6.45) is 8.95. The molecule has 6 aromatic heterocycles. The highest BCUT2D eigenvalue weighted by molar-refractivity contribution is 6.12. The molecule has 1 aliphatic heterocycles. The van der Waals surface area contributed by atoms with Crippen molar-refractivity contribution in [1.29, 1.82) is 0 Å². The lowest BCUT2D eigenvalue weighted by molar-refractivity contribution is 0.0991. The van der Waals surface area contributed by atoms with E-state index in [9.17, 15) is 14.4 Å². The Morgan fingerprint density at radius 1 is 0.847 bits per heavy atom. The lowest BCUT2D eigenvalue weighted by atomic mass is 9.98. The van der Waals surface area contributed by atoms with Gasteiger partial charge in [0.1, 0.15) is 28.3 Å². The minimum absolute atomic E-state index is 0.192. The van der Waals surface area contributed by atoms with Gasteiger partial charge in [-0.25, -0.2) is 19.9 Å². The molecule has 0 bridgehead atoms. The summed E-state index contributed by atoms with van der Waals surface area (Å²) in [6, 6.07) is 8.68. The predicted molar refractivity (Wildman–Crippen MR) is 222 cm³/mol. The predicted octanol–water partition coefficient (Wildman–Crippen LogP) is 4.13. The number of nitrogens with zero attached hydrogens (tertiary/aromatic N) is 10. The fourth-order valence-electron chi connectivity index (χ4n) is 7.50. The van der Waals surface area contributed by atoms with E-state index in [-0.39, 0.29) is 18.1 Å². The molecule has 0 atom stereocenters. The number of allylic oxidation sites excluding steroid dienone is 2. The van der Waals surface area contributed by atoms with Crippen LogP contribution in [0.4, 0.5) is 5.95 Å². The number of carbonyl (C=O) groups excluding carboxylic acids is 3. The van der Waals surface area contributed by atoms with Crippen LogP contribution in [0.15, 0.2) is 54.9 Å². The SMILES string of the molecule is CCn1nc(C)cc1C(=O)Nc1nc2cc(C(N)=O)cnc2n1C/C=C/Cn1c2nc(-c3cc(C)nn3CC)ncc2c2cc(C(N)=O)cc(OCCCC3CNC3)c21. The number of carbonyl (C=O) groups is 3. The number of fused-ring (bicyclic) bond motifs is 4. The largest absolute Gasteiger partial charge is 0.491 e. The Bertz CT molecular complexity index is 2790. The number of nitrogens with two attached hydrogens (primary N) is 2. The first-order valence-electron chi connectivity index (χ1n) is 19.7. The van der Waals surface area contributed by atoms with Gasteiger partial charge in [-0.05, 0) is 89.9 Å². The van der Waals surface area contributed by atoms with Crippen molar-refractivity contribution in [3.8, 4) is 17.3 Å². The quantitative estimate of drug-likeness (QED) is 0.0802. The molecule has 18 heteroatoms. The number of hydrogen-bond acceptors (Lipinski definition) is 11. The van der Waals surface area contributed by atoms with E-state index in [4.69, 9.17) is 26.2 Å². The summed E-state index contributed by atoms with van der Waals surface area (Å²) in [7, 11) is 0. The second-order valence-electron chi connectivity index (χ2n) is 14.7. The van der Waals surface area contributed by atoms with E-state index in [1.165, 1.54) is 6.20 Å². The van der Waals surface area contributed by atoms with Crippen molar-refractivity contribution in [2.45, 2.75) is 66.7 Å². The van der Waals surface area contributed by atoms with Crippen LogP contribution in [-0.2, 0) is 26.2 Å². The molecule has 7 aromatic rings. The minimum Gasteiger partial charge on any atom is -0.491 e. The van der Waals surface area contributed by atoms with Crippen LogP contribution in [-0.4, -0.2) is 86.0 Å². The summed E-state index contributed by atoms with van der Waals surface area (Å²) in [5, 5.41) is 16.7. The van der Waals surface area contributed by atoms with Gasteiger partial charge in [0.25, 0.3) is 5.91 Å². The average Bonchev–Trinajstić information content (AvgIpc) is 3.96. The van der Waals surface area contributed by atoms with E-state index in [1.54, 1.807) is 39.7 Å². The monoisotopic (exact) mass is 798 g/mol. The van der Waals surface area contributed by atoms with Crippen molar-refractivity contribution >= 4 is 56.8 Å². The molecule has 1 aliphatic rings. The smallest absolute Gasteiger partial charge is 0.276 e. The normalized spacial score (nSPS) is 13.2. The highest BCUT2D eigenvalue weighted by Gasteiger charge is 2.23. The van der Waals surface area contributed by atoms with Crippen molar-refractivity contribution < 1.29 is 19.1 Å². The summed E-state index contributed by atoms with van der Waals surface area (Å²) in [6.45, 7) is 11.9. The molecule has 0 spiro atoms. The van der Waals surface area contributed by atoms with Gasteiger partial charge in [-0.15, -0.1) is 0 Å². The van der Waals surface area contributed by atoms with E-state index in [2.05, 4.69) is 30.8 Å². The van der Waals surface area contributed by atoms with Crippen molar-refractivity contribution in [3.63, 3.8) is 0 Å². The maximum atomic E-state index is 13.6. The van der Waals surface area contributed by atoms with E-state index in [0.29, 0.717) is 77.5 Å². The molecule has 59 heavy (non-hydrogen) atoms. The summed E-state index contributed by atoms with van der Waals surface area (Å²) < 4.78 is 13.7. The number of amides is 3. The first-order valence-corrected chi connectivity index (χ1v) is 19.7. The molecular formula is C41H46N14O4. The Morgan fingerprint density at radius 3 is 2.29 bits per heavy atom. The Hall–Kier alpha value is -6.95. The summed E-state index contributed by atoms with van der Waals surface area (Å²) in [5.74, 6) is 0.283. The summed E-state index contributed by atoms with van der Waals surface area (Å²) in [4.78, 5) is 57.2. The Labute approximate surface area is 338 Å². The van der Waals surface area contributed by atoms with Gasteiger partial charge in [0.15, 0.2) is 11.5 Å². The van der Waals surface area contributed by atoms with Crippen LogP contribution >= 0.6 is 0 Å². The second-order valence-corrected chi connectivity index (χ2v) is 14.7. The third-order valence-electron chi connectivity index (χ3n) is 10.5. The standard InChI is InChI=1S/C41H46N14O4/c1-5-54-31(14-23(3)50-54)37-45-22-29-28-16-26(35(42)56)18-33(59-13-9-10-25-19-44-20-25)34(28)52(38(29)48-37)11-7-8-12-53-39-30(17-27(21-46-39)36(43)57)47-41(53)49-40(58)32-15-24(4)51-55(32)6-2/h7-8,14-18,21-22,25,44H,5-6,9-13,19-20H2,1-4H3,(H2,42,56)(H2,43,57)(H,47,49,58)/b8-7+. The van der Waals surface area contributed by atoms with E-state index < -0.39 is 17.7 Å². The number of benzene rings is 1. The summed E-state index contributed by atoms with van der Waals surface area (Å²) in [5.41, 5.74) is 16.9. The number of aromatic nitrogens is 10. The van der Waals surface area contributed by atoms with Crippen molar-refractivity contribution in [1.82, 2.24) is 53.9 Å². The maximum Gasteiger partial charge on any atom is 0.276 e. The van der Waals surface area contributed by atoms with Gasteiger partial charge >= 0.3 is 0 Å². The van der Waals surface area contributed by atoms with E-state index in [0.717, 1.165) is 53.6 Å². The van der Waals surface area contributed by atoms with Gasteiger partial charge in [-0.1, -0.05) is 12.2 Å². The van der Waals surface area contributed by atoms with Crippen molar-refractivity contribution in [3.05, 3.63) is 83.1 Å². The molecule has 3 amide bonds. The van der Waals surface area contributed by atoms with Crippen LogP contribution in [0.3, 0.4) is 0 Å². The number of hydrogen-bond donors (Lipinski definition) is 4. The third kappa shape index (κ3) is 7.61. The lowest BCUT2D eigenvalue weighted by Crippen LogP contribution is -2.41. The molecule has 1 fully saturated rings. The Balaban J connectivity index is 1.18. The Morgan fingerprint density at radius 2 is 1.58 bits per heavy atom. The zero-order valence-electron chi connectivity index (χ0n) is 33.4. The van der Waals surface area contributed by atoms with Crippen LogP contribution in [0.2, 0.25) is 0 Å². The average molecular weight is 799 g/mol. The molecular weight excluding hydrogens is 753 g/mol. The first-order chi connectivity index (χ1) is 28.5. The molecule has 7 heterocycles. The van der Waals surface area contributed by atoms with Gasteiger partial charge < -0.3 is 26.1 Å². The van der Waals surface area contributed by atoms with Crippen LogP contribution < -0.4 is 26.8 Å². The van der Waals surface area contributed by atoms with Gasteiger partial charge in [0.2, 0.25) is 17.8 Å². The molecule has 0 saturated carbocycles. The highest BCUT2D eigenvalue weighted by atomic mass is 16.5. The lowest BCUT2D eigenvalue weighted by Gasteiger charge is -2.26. The summed E-state index contributed by atoms with van der Waals surface area (Å²) >= 11 is 0. The van der Waals surface area contributed by atoms with E-state index in [1.807, 2.05) is 55.2 Å². The molecule has 0 unspecified atom stereocenters. The topological polar surface area (TPSA) is 234 Å². The molecule has 304 valence electrons. The van der Waals surface area contributed by atoms with Crippen LogP contribution in [0.25, 0.3) is 44.6 Å². The number of nitrogens with one attached hydrogen (secondary N) is 2. The van der Waals surface area contributed by atoms with Crippen LogP contribution in [0.5, 0.6) is 5.75 Å². The second kappa shape index (κ2) is 16.1. The minimum atomic E-state index is -0.642. The highest BCUT2D eigenvalue weighted by Crippen LogP contribution is 2.37. The van der Waals surface area contributed by atoms with Crippen molar-refractivity contribution in [2.75, 3.05) is 25.0 Å². The number of anilines is 1. The number of ether oxygens (including phenoxy) is 1. The molecule has 8 rings (SSSR count). The maximum absolute atomic E-state index is 13.6. The number of primary amides is 2. The zero-order chi connectivity index (χ0) is 41.4. The van der Waals surface area contributed by atoms with Gasteiger partial charge in [0, 0.05) is 54.9 Å². The van der Waals surface area contributed by atoms with Gasteiger partial charge in [-0.2, -0.15) is 10.2 Å². The fraction of sp³-hybridized carbons (Fsp3) is 0.341. The molecule has 1 saturated heterocycles. The van der Waals surface area contributed by atoms with Crippen molar-refractivity contribution in [2.24, 2.45) is 17.4 Å².